The first kappa shape index (κ1) is 12.8. The molecule has 0 unspecified atom stereocenters. The summed E-state index contributed by atoms with van der Waals surface area (Å²) in [6.07, 6.45) is 0. The molecule has 0 spiro atoms. The van der Waals surface area contributed by atoms with Gasteiger partial charge >= 0.3 is 10.5 Å². The van der Waals surface area contributed by atoms with Crippen LogP contribution in [-0.4, -0.2) is 10.5 Å². The summed E-state index contributed by atoms with van der Waals surface area (Å²) >= 11 is 0. The second-order valence-corrected chi connectivity index (χ2v) is 4.68. The summed E-state index contributed by atoms with van der Waals surface area (Å²) in [5.74, 6) is 1.39. The number of rotatable bonds is 4. The summed E-state index contributed by atoms with van der Waals surface area (Å²) < 4.78 is 11.0. The fourth-order valence-electron chi connectivity index (χ4n) is 2.23. The summed E-state index contributed by atoms with van der Waals surface area (Å²) in [6.45, 7) is 0.508. The summed E-state index contributed by atoms with van der Waals surface area (Å²) in [5.41, 5.74) is 1.16. The van der Waals surface area contributed by atoms with Gasteiger partial charge < -0.3 is 9.16 Å². The van der Waals surface area contributed by atoms with Crippen molar-refractivity contribution >= 4 is 21.3 Å². The van der Waals surface area contributed by atoms with E-state index >= 15 is 0 Å². The third kappa shape index (κ3) is 2.53. The molecular formula is C17H13O2Si. The van der Waals surface area contributed by atoms with Crippen molar-refractivity contribution in [2.75, 3.05) is 0 Å². The smallest absolute Gasteiger partial charge is 0.341 e. The van der Waals surface area contributed by atoms with Crippen molar-refractivity contribution in [3.63, 3.8) is 0 Å². The molecule has 3 heteroatoms. The number of fused-ring (bicyclic) bond motifs is 1. The number of benzene rings is 3. The van der Waals surface area contributed by atoms with Gasteiger partial charge in [-0.25, -0.2) is 0 Å². The molecule has 3 aromatic rings. The van der Waals surface area contributed by atoms with Crippen LogP contribution in [0, 0.1) is 0 Å². The lowest BCUT2D eigenvalue weighted by atomic mass is 10.1. The maximum absolute atomic E-state index is 5.87. The molecule has 3 rings (SSSR count). The molecule has 0 atom stereocenters. The lowest BCUT2D eigenvalue weighted by molar-refractivity contribution is 0.299. The number of para-hydroxylation sites is 2. The fourth-order valence-corrected chi connectivity index (χ4v) is 2.40. The molecule has 0 bridgehead atoms. The van der Waals surface area contributed by atoms with Crippen LogP contribution in [0.2, 0.25) is 0 Å². The maximum atomic E-state index is 5.87. The summed E-state index contributed by atoms with van der Waals surface area (Å²) in [6, 6.07) is 22.1. The Hall–Kier alpha value is -2.26. The average Bonchev–Trinajstić information content (AvgIpc) is 2.53. The Morgan fingerprint density at radius 2 is 1.45 bits per heavy atom. The van der Waals surface area contributed by atoms with E-state index in [2.05, 4.69) is 34.8 Å². The SMILES string of the molecule is [Si]Oc1ccccc1OCc1cccc2ccccc12. The van der Waals surface area contributed by atoms with Crippen molar-refractivity contribution in [1.29, 1.82) is 0 Å². The van der Waals surface area contributed by atoms with Crippen LogP contribution in [0.4, 0.5) is 0 Å². The number of ether oxygens (including phenoxy) is 1. The van der Waals surface area contributed by atoms with Gasteiger partial charge in [-0.3, -0.25) is 0 Å². The highest BCUT2D eigenvalue weighted by atomic mass is 28.2. The first-order valence-electron chi connectivity index (χ1n) is 6.40. The van der Waals surface area contributed by atoms with Crippen molar-refractivity contribution in [3.05, 3.63) is 72.3 Å². The Morgan fingerprint density at radius 3 is 2.30 bits per heavy atom. The van der Waals surface area contributed by atoms with E-state index in [-0.39, 0.29) is 0 Å². The Labute approximate surface area is 121 Å². The van der Waals surface area contributed by atoms with Crippen molar-refractivity contribution in [3.8, 4) is 11.5 Å². The van der Waals surface area contributed by atoms with E-state index in [0.29, 0.717) is 12.4 Å². The molecule has 0 saturated heterocycles. The molecule has 3 aromatic carbocycles. The Morgan fingerprint density at radius 1 is 0.750 bits per heavy atom. The summed E-state index contributed by atoms with van der Waals surface area (Å²) in [7, 11) is 3.04. The highest BCUT2D eigenvalue weighted by molar-refractivity contribution is 6.00. The molecule has 0 amide bonds. The van der Waals surface area contributed by atoms with Crippen LogP contribution in [0.3, 0.4) is 0 Å². The van der Waals surface area contributed by atoms with E-state index in [0.717, 1.165) is 11.3 Å². The van der Waals surface area contributed by atoms with Gasteiger partial charge in [-0.05, 0) is 28.5 Å². The molecule has 0 aliphatic heterocycles. The topological polar surface area (TPSA) is 18.5 Å². The van der Waals surface area contributed by atoms with E-state index in [1.807, 2.05) is 42.5 Å². The minimum absolute atomic E-state index is 0.508. The van der Waals surface area contributed by atoms with Gasteiger partial charge in [0.15, 0.2) is 5.75 Å². The Balaban J connectivity index is 1.87. The molecule has 0 fully saturated rings. The van der Waals surface area contributed by atoms with Gasteiger partial charge in [0, 0.05) is 0 Å². The van der Waals surface area contributed by atoms with E-state index in [4.69, 9.17) is 9.16 Å². The molecule has 0 saturated carbocycles. The van der Waals surface area contributed by atoms with Gasteiger partial charge in [0.2, 0.25) is 0 Å². The predicted octanol–water partition coefficient (Wildman–Crippen LogP) is 3.88. The minimum atomic E-state index is 0.508. The molecule has 0 aliphatic rings. The van der Waals surface area contributed by atoms with Crippen LogP contribution >= 0.6 is 0 Å². The normalized spacial score (nSPS) is 10.4. The van der Waals surface area contributed by atoms with E-state index in [1.54, 1.807) is 0 Å². The predicted molar refractivity (Wildman–Crippen MR) is 81.1 cm³/mol. The van der Waals surface area contributed by atoms with E-state index in [9.17, 15) is 0 Å². The van der Waals surface area contributed by atoms with E-state index in [1.165, 1.54) is 10.8 Å². The third-order valence-corrected chi connectivity index (χ3v) is 3.44. The monoisotopic (exact) mass is 277 g/mol. The van der Waals surface area contributed by atoms with Crippen LogP contribution < -0.4 is 9.16 Å². The molecule has 2 nitrogen and oxygen atoms in total. The quantitative estimate of drug-likeness (QED) is 0.674. The van der Waals surface area contributed by atoms with E-state index < -0.39 is 0 Å². The van der Waals surface area contributed by atoms with Crippen molar-refractivity contribution in [2.45, 2.75) is 6.61 Å². The average molecular weight is 277 g/mol. The molecule has 0 heterocycles. The van der Waals surface area contributed by atoms with Gasteiger partial charge in [0.1, 0.15) is 12.4 Å². The summed E-state index contributed by atoms with van der Waals surface area (Å²) in [4.78, 5) is 0. The first-order valence-corrected chi connectivity index (χ1v) is 6.81. The van der Waals surface area contributed by atoms with Gasteiger partial charge in [0.05, 0.1) is 0 Å². The molecule has 0 aromatic heterocycles. The zero-order valence-electron chi connectivity index (χ0n) is 10.9. The zero-order chi connectivity index (χ0) is 13.8. The second kappa shape index (κ2) is 5.80. The van der Waals surface area contributed by atoms with Crippen molar-refractivity contribution < 1.29 is 9.16 Å². The fraction of sp³-hybridized carbons (Fsp3) is 0.0588. The molecule has 0 aliphatic carbocycles. The number of hydrogen-bond acceptors (Lipinski definition) is 2. The van der Waals surface area contributed by atoms with Gasteiger partial charge in [-0.2, -0.15) is 0 Å². The Kier molecular flexibility index (Phi) is 3.70. The molecule has 20 heavy (non-hydrogen) atoms. The molecule has 3 radical (unpaired) electrons. The van der Waals surface area contributed by atoms with Crippen molar-refractivity contribution in [2.24, 2.45) is 0 Å². The lowest BCUT2D eigenvalue weighted by Crippen LogP contribution is -1.98. The standard InChI is InChI=1S/C17H13O2Si/c20-19-17-11-4-3-10-16(17)18-12-14-8-5-7-13-6-1-2-9-15(13)14/h1-11H,12H2. The molecule has 97 valence electrons. The van der Waals surface area contributed by atoms with Crippen LogP contribution in [0.15, 0.2) is 66.7 Å². The van der Waals surface area contributed by atoms with Crippen LogP contribution in [0.25, 0.3) is 10.8 Å². The van der Waals surface area contributed by atoms with Gasteiger partial charge in [-0.15, -0.1) is 0 Å². The molecule has 0 N–H and O–H groups in total. The van der Waals surface area contributed by atoms with Gasteiger partial charge in [-0.1, -0.05) is 54.6 Å². The van der Waals surface area contributed by atoms with Crippen LogP contribution in [-0.2, 0) is 6.61 Å². The molecular weight excluding hydrogens is 264 g/mol. The highest BCUT2D eigenvalue weighted by Crippen LogP contribution is 2.27. The van der Waals surface area contributed by atoms with Gasteiger partial charge in [0.25, 0.3) is 0 Å². The first-order chi connectivity index (χ1) is 9.88. The maximum Gasteiger partial charge on any atom is 0.341 e. The summed E-state index contributed by atoms with van der Waals surface area (Å²) in [5, 5.41) is 2.44. The lowest BCUT2D eigenvalue weighted by Gasteiger charge is -2.12. The largest absolute Gasteiger partial charge is 0.538 e. The van der Waals surface area contributed by atoms with Crippen LogP contribution in [0.5, 0.6) is 11.5 Å². The number of hydrogen-bond donors (Lipinski definition) is 0. The van der Waals surface area contributed by atoms with Crippen LogP contribution in [0.1, 0.15) is 5.56 Å². The van der Waals surface area contributed by atoms with Crippen molar-refractivity contribution in [1.82, 2.24) is 0 Å². The second-order valence-electron chi connectivity index (χ2n) is 4.48. The third-order valence-electron chi connectivity index (χ3n) is 3.22. The zero-order valence-corrected chi connectivity index (χ0v) is 11.9. The highest BCUT2D eigenvalue weighted by Gasteiger charge is 2.05. The Bertz CT molecular complexity index is 720. The minimum Gasteiger partial charge on any atom is -0.538 e.